The summed E-state index contributed by atoms with van der Waals surface area (Å²) in [5.74, 6) is -0.188. The van der Waals surface area contributed by atoms with Crippen LogP contribution < -0.4 is 5.32 Å². The molecule has 0 saturated carbocycles. The number of carbonyl (C=O) groups excluding carboxylic acids is 2. The fourth-order valence-electron chi connectivity index (χ4n) is 2.73. The Morgan fingerprint density at radius 1 is 1.13 bits per heavy atom. The molecule has 0 spiro atoms. The molecule has 0 saturated heterocycles. The summed E-state index contributed by atoms with van der Waals surface area (Å²) < 4.78 is 5.39. The van der Waals surface area contributed by atoms with Crippen LogP contribution in [0.5, 0.6) is 0 Å². The summed E-state index contributed by atoms with van der Waals surface area (Å²) >= 11 is 0. The molecular formula is C19H19NO3. The van der Waals surface area contributed by atoms with Crippen molar-refractivity contribution in [2.75, 3.05) is 0 Å². The third-order valence-electron chi connectivity index (χ3n) is 4.08. The van der Waals surface area contributed by atoms with Crippen LogP contribution in [0.15, 0.2) is 48.5 Å². The average molecular weight is 309 g/mol. The van der Waals surface area contributed by atoms with Gasteiger partial charge in [0.05, 0.1) is 0 Å². The van der Waals surface area contributed by atoms with Crippen molar-refractivity contribution in [1.82, 2.24) is 5.32 Å². The number of hydrogen-bond donors (Lipinski definition) is 1. The second-order valence-electron chi connectivity index (χ2n) is 5.77. The summed E-state index contributed by atoms with van der Waals surface area (Å²) in [6.07, 6.45) is 0.584. The SMILES string of the molecule is CC(=O)c1ccc2c(c1)CN[C@@H](C(=O)OCc1ccccc1)C2. The van der Waals surface area contributed by atoms with Gasteiger partial charge in [-0.1, -0.05) is 42.5 Å². The molecule has 4 heteroatoms. The van der Waals surface area contributed by atoms with Crippen LogP contribution in [0, 0.1) is 0 Å². The molecule has 3 rings (SSSR count). The molecule has 0 fully saturated rings. The molecule has 23 heavy (non-hydrogen) atoms. The minimum absolute atomic E-state index is 0.0530. The fraction of sp³-hybridized carbons (Fsp3) is 0.263. The summed E-state index contributed by atoms with van der Waals surface area (Å²) in [6.45, 7) is 2.41. The van der Waals surface area contributed by atoms with Crippen molar-refractivity contribution in [3.05, 3.63) is 70.8 Å². The lowest BCUT2D eigenvalue weighted by atomic mass is 9.93. The molecule has 0 unspecified atom stereocenters. The van der Waals surface area contributed by atoms with Gasteiger partial charge in [0, 0.05) is 12.1 Å². The van der Waals surface area contributed by atoms with Crippen LogP contribution in [-0.4, -0.2) is 17.8 Å². The normalized spacial score (nSPS) is 16.5. The van der Waals surface area contributed by atoms with Crippen molar-refractivity contribution in [1.29, 1.82) is 0 Å². The van der Waals surface area contributed by atoms with E-state index in [1.165, 1.54) is 0 Å². The van der Waals surface area contributed by atoms with E-state index < -0.39 is 0 Å². The molecule has 1 aliphatic rings. The van der Waals surface area contributed by atoms with Gasteiger partial charge in [0.2, 0.25) is 0 Å². The third kappa shape index (κ3) is 3.66. The quantitative estimate of drug-likeness (QED) is 0.697. The van der Waals surface area contributed by atoms with Gasteiger partial charge < -0.3 is 10.1 Å². The number of carbonyl (C=O) groups is 2. The molecule has 0 aliphatic carbocycles. The van der Waals surface area contributed by atoms with Crippen LogP contribution in [0.2, 0.25) is 0 Å². The molecular weight excluding hydrogens is 290 g/mol. The minimum Gasteiger partial charge on any atom is -0.460 e. The van der Waals surface area contributed by atoms with E-state index in [9.17, 15) is 9.59 Å². The Morgan fingerprint density at radius 2 is 1.91 bits per heavy atom. The topological polar surface area (TPSA) is 55.4 Å². The molecule has 2 aromatic carbocycles. The first kappa shape index (κ1) is 15.4. The molecule has 4 nitrogen and oxygen atoms in total. The minimum atomic E-state index is -0.339. The lowest BCUT2D eigenvalue weighted by molar-refractivity contribution is -0.147. The maximum absolute atomic E-state index is 12.2. The summed E-state index contributed by atoms with van der Waals surface area (Å²) in [5.41, 5.74) is 3.85. The highest BCUT2D eigenvalue weighted by molar-refractivity contribution is 5.94. The molecule has 118 valence electrons. The molecule has 0 bridgehead atoms. The second kappa shape index (κ2) is 6.75. The Morgan fingerprint density at radius 3 is 2.65 bits per heavy atom. The van der Waals surface area contributed by atoms with E-state index in [0.29, 0.717) is 18.5 Å². The number of nitrogens with one attached hydrogen (secondary N) is 1. The zero-order valence-corrected chi connectivity index (χ0v) is 13.0. The van der Waals surface area contributed by atoms with Crippen LogP contribution in [0.1, 0.15) is 34.0 Å². The number of hydrogen-bond acceptors (Lipinski definition) is 4. The maximum atomic E-state index is 12.2. The van der Waals surface area contributed by atoms with E-state index in [-0.39, 0.29) is 24.4 Å². The third-order valence-corrected chi connectivity index (χ3v) is 4.08. The van der Waals surface area contributed by atoms with Gasteiger partial charge >= 0.3 is 5.97 Å². The second-order valence-corrected chi connectivity index (χ2v) is 5.77. The van der Waals surface area contributed by atoms with Crippen LogP contribution in [0.4, 0.5) is 0 Å². The van der Waals surface area contributed by atoms with Gasteiger partial charge in [-0.15, -0.1) is 0 Å². The summed E-state index contributed by atoms with van der Waals surface area (Å²) in [5, 5.41) is 3.19. The van der Waals surface area contributed by atoms with Gasteiger partial charge in [-0.3, -0.25) is 9.59 Å². The van der Waals surface area contributed by atoms with Crippen molar-refractivity contribution in [3.63, 3.8) is 0 Å². The fourth-order valence-corrected chi connectivity index (χ4v) is 2.73. The molecule has 1 atom stereocenters. The van der Waals surface area contributed by atoms with Gasteiger partial charge in [-0.05, 0) is 36.1 Å². The first-order valence-corrected chi connectivity index (χ1v) is 7.70. The summed E-state index contributed by atoms with van der Waals surface area (Å²) in [7, 11) is 0. The Hall–Kier alpha value is -2.46. The summed E-state index contributed by atoms with van der Waals surface area (Å²) in [4.78, 5) is 23.6. The highest BCUT2D eigenvalue weighted by atomic mass is 16.5. The monoisotopic (exact) mass is 309 g/mol. The number of benzene rings is 2. The Kier molecular flexibility index (Phi) is 4.53. The molecule has 1 aliphatic heterocycles. The predicted octanol–water partition coefficient (Wildman–Crippen LogP) is 2.65. The summed E-state index contributed by atoms with van der Waals surface area (Å²) in [6, 6.07) is 14.9. The average Bonchev–Trinajstić information content (AvgIpc) is 2.59. The zero-order chi connectivity index (χ0) is 16.2. The zero-order valence-electron chi connectivity index (χ0n) is 13.0. The van der Waals surface area contributed by atoms with Crippen LogP contribution in [0.3, 0.4) is 0 Å². The Balaban J connectivity index is 1.62. The first-order valence-electron chi connectivity index (χ1n) is 7.70. The van der Waals surface area contributed by atoms with Gasteiger partial charge in [0.1, 0.15) is 12.6 Å². The van der Waals surface area contributed by atoms with E-state index in [2.05, 4.69) is 5.32 Å². The standard InChI is InChI=1S/C19H19NO3/c1-13(21)15-7-8-16-10-18(20-11-17(16)9-15)19(22)23-12-14-5-3-2-4-6-14/h2-9,18,20H,10-12H2,1H3/t18-/m1/s1. The number of Topliss-reactive ketones (excluding diaryl/α,β-unsaturated/α-hetero) is 1. The Labute approximate surface area is 135 Å². The van der Waals surface area contributed by atoms with Gasteiger partial charge in [-0.2, -0.15) is 0 Å². The lowest BCUT2D eigenvalue weighted by Crippen LogP contribution is -2.42. The largest absolute Gasteiger partial charge is 0.460 e. The van der Waals surface area contributed by atoms with Crippen molar-refractivity contribution >= 4 is 11.8 Å². The molecule has 2 aromatic rings. The maximum Gasteiger partial charge on any atom is 0.323 e. The lowest BCUT2D eigenvalue weighted by Gasteiger charge is -2.25. The highest BCUT2D eigenvalue weighted by Gasteiger charge is 2.25. The van der Waals surface area contributed by atoms with E-state index >= 15 is 0 Å². The highest BCUT2D eigenvalue weighted by Crippen LogP contribution is 2.19. The number of ether oxygens (including phenoxy) is 1. The number of ketones is 1. The smallest absolute Gasteiger partial charge is 0.323 e. The van der Waals surface area contributed by atoms with Crippen molar-refractivity contribution < 1.29 is 14.3 Å². The number of rotatable bonds is 4. The van der Waals surface area contributed by atoms with E-state index in [1.807, 2.05) is 48.5 Å². The molecule has 0 radical (unpaired) electrons. The van der Waals surface area contributed by atoms with Crippen LogP contribution in [0.25, 0.3) is 0 Å². The molecule has 1 N–H and O–H groups in total. The van der Waals surface area contributed by atoms with Crippen molar-refractivity contribution in [2.24, 2.45) is 0 Å². The number of fused-ring (bicyclic) bond motifs is 1. The predicted molar refractivity (Wildman–Crippen MR) is 87.0 cm³/mol. The van der Waals surface area contributed by atoms with Gasteiger partial charge in [-0.25, -0.2) is 0 Å². The van der Waals surface area contributed by atoms with Crippen molar-refractivity contribution in [3.8, 4) is 0 Å². The Bertz CT molecular complexity index is 725. The van der Waals surface area contributed by atoms with Gasteiger partial charge in [0.15, 0.2) is 5.78 Å². The van der Waals surface area contributed by atoms with E-state index in [4.69, 9.17) is 4.74 Å². The van der Waals surface area contributed by atoms with Crippen LogP contribution >= 0.6 is 0 Å². The van der Waals surface area contributed by atoms with Crippen molar-refractivity contribution in [2.45, 2.75) is 32.5 Å². The van der Waals surface area contributed by atoms with Crippen LogP contribution in [-0.2, 0) is 29.1 Å². The van der Waals surface area contributed by atoms with E-state index in [1.54, 1.807) is 6.92 Å². The molecule has 0 aromatic heterocycles. The number of esters is 1. The molecule has 0 amide bonds. The van der Waals surface area contributed by atoms with E-state index in [0.717, 1.165) is 16.7 Å². The molecule has 1 heterocycles. The van der Waals surface area contributed by atoms with Gasteiger partial charge in [0.25, 0.3) is 0 Å². The first-order chi connectivity index (χ1) is 11.1.